The van der Waals surface area contributed by atoms with Gasteiger partial charge in [-0.2, -0.15) is 0 Å². The number of nitrogens with zero attached hydrogens (tertiary/aromatic N) is 4. The van der Waals surface area contributed by atoms with Crippen molar-refractivity contribution in [3.63, 3.8) is 0 Å². The maximum Gasteiger partial charge on any atom is 0.150 e. The number of hydrogen-bond donors (Lipinski definition) is 2. The van der Waals surface area contributed by atoms with Crippen LogP contribution in [0.2, 0.25) is 0 Å². The Balaban J connectivity index is 1.38. The molecule has 0 spiro atoms. The number of benzene rings is 2. The average Bonchev–Trinajstić information content (AvgIpc) is 3.26. The average molecular weight is 465 g/mol. The molecule has 1 saturated carbocycles. The lowest BCUT2D eigenvalue weighted by atomic mass is 9.79. The molecule has 1 aliphatic carbocycles. The lowest BCUT2D eigenvalue weighted by Gasteiger charge is -2.35. The summed E-state index contributed by atoms with van der Waals surface area (Å²) < 4.78 is 7.27. The Morgan fingerprint density at radius 2 is 1.86 bits per heavy atom. The third-order valence-electron chi connectivity index (χ3n) is 6.89. The molecule has 5 aromatic rings. The van der Waals surface area contributed by atoms with Crippen molar-refractivity contribution in [2.24, 2.45) is 0 Å². The second kappa shape index (κ2) is 9.09. The Morgan fingerprint density at radius 1 is 1.03 bits per heavy atom. The van der Waals surface area contributed by atoms with E-state index in [1.807, 2.05) is 24.4 Å². The molecule has 0 radical (unpaired) electrons. The lowest BCUT2D eigenvalue weighted by molar-refractivity contribution is 0.183. The molecular weight excluding hydrogens is 436 g/mol. The zero-order chi connectivity index (χ0) is 23.8. The molecule has 3 heterocycles. The standard InChI is InChI=1S/C28H28N6O/c1-35-14-12-30-22-15-21(16-22)28-33-25(26-27(29)31-11-13-34(26)28)20-8-7-19-9-10-23(32-24(19)17-20)18-5-3-2-4-6-18/h2-11,13,17,21-22,30H,12,14-16H2,1H3,(H2,29,31). The Bertz CT molecular complexity index is 1490. The molecule has 0 aliphatic heterocycles. The highest BCUT2D eigenvalue weighted by Crippen LogP contribution is 2.40. The minimum atomic E-state index is 0.376. The van der Waals surface area contributed by atoms with Crippen molar-refractivity contribution in [1.29, 1.82) is 0 Å². The number of rotatable bonds is 7. The van der Waals surface area contributed by atoms with Gasteiger partial charge in [0.05, 0.1) is 17.8 Å². The Kier molecular flexibility index (Phi) is 5.64. The van der Waals surface area contributed by atoms with Crippen molar-refractivity contribution in [1.82, 2.24) is 24.7 Å². The SMILES string of the molecule is COCCNC1CC(c2nc(-c3ccc4ccc(-c5ccccc5)nc4c3)c3c(N)nccn23)C1. The van der Waals surface area contributed by atoms with E-state index in [2.05, 4.69) is 57.2 Å². The van der Waals surface area contributed by atoms with E-state index in [1.165, 1.54) is 0 Å². The predicted molar refractivity (Wildman–Crippen MR) is 139 cm³/mol. The number of nitrogens with two attached hydrogens (primary N) is 1. The summed E-state index contributed by atoms with van der Waals surface area (Å²) >= 11 is 0. The molecule has 0 atom stereocenters. The third kappa shape index (κ3) is 4.03. The minimum absolute atomic E-state index is 0.376. The molecule has 176 valence electrons. The number of pyridine rings is 1. The molecule has 0 saturated heterocycles. The van der Waals surface area contributed by atoms with Crippen LogP contribution in [0.4, 0.5) is 5.82 Å². The van der Waals surface area contributed by atoms with Crippen molar-refractivity contribution < 1.29 is 4.74 Å². The number of aromatic nitrogens is 4. The van der Waals surface area contributed by atoms with Crippen LogP contribution in [0.5, 0.6) is 0 Å². The summed E-state index contributed by atoms with van der Waals surface area (Å²) in [6.07, 6.45) is 5.81. The second-order valence-corrected chi connectivity index (χ2v) is 9.13. The number of nitrogen functional groups attached to an aromatic ring is 1. The molecule has 0 amide bonds. The van der Waals surface area contributed by atoms with E-state index in [0.29, 0.717) is 17.8 Å². The molecular formula is C28H28N6O. The van der Waals surface area contributed by atoms with Crippen LogP contribution < -0.4 is 11.1 Å². The molecule has 2 aromatic carbocycles. The van der Waals surface area contributed by atoms with Crippen molar-refractivity contribution in [2.75, 3.05) is 26.0 Å². The van der Waals surface area contributed by atoms with Gasteiger partial charge in [0.2, 0.25) is 0 Å². The summed E-state index contributed by atoms with van der Waals surface area (Å²) in [6, 6.07) is 21.2. The first kappa shape index (κ1) is 21.7. The third-order valence-corrected chi connectivity index (χ3v) is 6.89. The fraction of sp³-hybridized carbons (Fsp3) is 0.250. The van der Waals surface area contributed by atoms with E-state index in [0.717, 1.165) is 70.8 Å². The largest absolute Gasteiger partial charge is 0.383 e. The first-order valence-electron chi connectivity index (χ1n) is 12.0. The van der Waals surface area contributed by atoms with Crippen LogP contribution in [0.15, 0.2) is 73.1 Å². The maximum absolute atomic E-state index is 6.37. The zero-order valence-electron chi connectivity index (χ0n) is 19.7. The number of nitrogens with one attached hydrogen (secondary N) is 1. The number of hydrogen-bond acceptors (Lipinski definition) is 6. The predicted octanol–water partition coefficient (Wildman–Crippen LogP) is 4.68. The molecule has 7 heteroatoms. The number of imidazole rings is 1. The summed E-state index contributed by atoms with van der Waals surface area (Å²) in [5.74, 6) is 1.91. The van der Waals surface area contributed by atoms with Gasteiger partial charge in [0.25, 0.3) is 0 Å². The van der Waals surface area contributed by atoms with E-state index in [9.17, 15) is 0 Å². The molecule has 1 aliphatic rings. The van der Waals surface area contributed by atoms with Crippen molar-refractivity contribution in [3.05, 3.63) is 78.9 Å². The van der Waals surface area contributed by atoms with Crippen LogP contribution in [0, 0.1) is 0 Å². The topological polar surface area (TPSA) is 90.4 Å². The number of anilines is 1. The van der Waals surface area contributed by atoms with E-state index in [1.54, 1.807) is 13.3 Å². The lowest BCUT2D eigenvalue weighted by Crippen LogP contribution is -2.42. The van der Waals surface area contributed by atoms with Gasteiger partial charge in [-0.15, -0.1) is 0 Å². The summed E-state index contributed by atoms with van der Waals surface area (Å²) in [4.78, 5) is 14.4. The molecule has 1 fully saturated rings. The van der Waals surface area contributed by atoms with Crippen LogP contribution in [0.25, 0.3) is 38.9 Å². The molecule has 3 N–H and O–H groups in total. The molecule has 35 heavy (non-hydrogen) atoms. The fourth-order valence-electron chi connectivity index (χ4n) is 4.97. The summed E-state index contributed by atoms with van der Waals surface area (Å²) in [5.41, 5.74) is 12.1. The summed E-state index contributed by atoms with van der Waals surface area (Å²) in [7, 11) is 1.73. The molecule has 3 aromatic heterocycles. The van der Waals surface area contributed by atoms with Gasteiger partial charge in [0.1, 0.15) is 22.9 Å². The van der Waals surface area contributed by atoms with E-state index >= 15 is 0 Å². The highest BCUT2D eigenvalue weighted by atomic mass is 16.5. The molecule has 6 rings (SSSR count). The highest BCUT2D eigenvalue weighted by Gasteiger charge is 2.34. The maximum atomic E-state index is 6.37. The first-order valence-corrected chi connectivity index (χ1v) is 12.0. The van der Waals surface area contributed by atoms with Gasteiger partial charge in [-0.25, -0.2) is 15.0 Å². The minimum Gasteiger partial charge on any atom is -0.383 e. The van der Waals surface area contributed by atoms with Gasteiger partial charge in [0, 0.05) is 54.5 Å². The number of methoxy groups -OCH3 is 1. The van der Waals surface area contributed by atoms with Crippen LogP contribution in [-0.2, 0) is 4.74 Å². The van der Waals surface area contributed by atoms with Crippen molar-refractivity contribution in [3.8, 4) is 22.5 Å². The number of ether oxygens (including phenoxy) is 1. The Morgan fingerprint density at radius 3 is 2.69 bits per heavy atom. The van der Waals surface area contributed by atoms with Gasteiger partial charge in [-0.05, 0) is 25.0 Å². The summed E-state index contributed by atoms with van der Waals surface area (Å²) in [6.45, 7) is 1.59. The smallest absolute Gasteiger partial charge is 0.150 e. The van der Waals surface area contributed by atoms with E-state index in [4.69, 9.17) is 20.4 Å². The first-order chi connectivity index (χ1) is 17.2. The van der Waals surface area contributed by atoms with Gasteiger partial charge in [0.15, 0.2) is 0 Å². The second-order valence-electron chi connectivity index (χ2n) is 9.13. The number of fused-ring (bicyclic) bond motifs is 2. The zero-order valence-corrected chi connectivity index (χ0v) is 19.7. The Hall–Kier alpha value is -3.81. The van der Waals surface area contributed by atoms with Crippen LogP contribution in [0.1, 0.15) is 24.6 Å². The van der Waals surface area contributed by atoms with Gasteiger partial charge in [-0.3, -0.25) is 4.40 Å². The van der Waals surface area contributed by atoms with Crippen molar-refractivity contribution in [2.45, 2.75) is 24.8 Å². The van der Waals surface area contributed by atoms with Crippen molar-refractivity contribution >= 4 is 22.2 Å². The normalized spacial score (nSPS) is 17.6. The highest BCUT2D eigenvalue weighted by molar-refractivity contribution is 5.91. The van der Waals surface area contributed by atoms with Gasteiger partial charge in [-0.1, -0.05) is 48.5 Å². The molecule has 0 bridgehead atoms. The molecule has 7 nitrogen and oxygen atoms in total. The molecule has 0 unspecified atom stereocenters. The van der Waals surface area contributed by atoms with E-state index < -0.39 is 0 Å². The van der Waals surface area contributed by atoms with Gasteiger partial charge < -0.3 is 15.8 Å². The van der Waals surface area contributed by atoms with Crippen LogP contribution >= 0.6 is 0 Å². The van der Waals surface area contributed by atoms with Crippen LogP contribution in [0.3, 0.4) is 0 Å². The monoisotopic (exact) mass is 464 g/mol. The van der Waals surface area contributed by atoms with E-state index in [-0.39, 0.29) is 0 Å². The quantitative estimate of drug-likeness (QED) is 0.340. The van der Waals surface area contributed by atoms with Crippen LogP contribution in [-0.4, -0.2) is 45.7 Å². The summed E-state index contributed by atoms with van der Waals surface area (Å²) in [5, 5.41) is 4.64. The fourth-order valence-corrected chi connectivity index (χ4v) is 4.97. The Labute approximate surface area is 204 Å². The van der Waals surface area contributed by atoms with Gasteiger partial charge >= 0.3 is 0 Å².